The van der Waals surface area contributed by atoms with E-state index in [1.165, 1.54) is 21.7 Å². The fraction of sp³-hybridized carbons (Fsp3) is 0.417. The lowest BCUT2D eigenvalue weighted by Crippen LogP contribution is -1.92. The van der Waals surface area contributed by atoms with Crippen molar-refractivity contribution in [1.82, 2.24) is 9.78 Å². The molecule has 0 aromatic carbocycles. The van der Waals surface area contributed by atoms with Crippen LogP contribution in [-0.4, -0.2) is 9.78 Å². The highest BCUT2D eigenvalue weighted by Gasteiger charge is 2.10. The quantitative estimate of drug-likeness (QED) is 0.885. The summed E-state index contributed by atoms with van der Waals surface area (Å²) in [5.41, 5.74) is 9.32. The van der Waals surface area contributed by atoms with Crippen LogP contribution in [0.3, 0.4) is 0 Å². The highest BCUT2D eigenvalue weighted by molar-refractivity contribution is 7.10. The summed E-state index contributed by atoms with van der Waals surface area (Å²) in [4.78, 5) is 1.22. The minimum atomic E-state index is 0.619. The van der Waals surface area contributed by atoms with Gasteiger partial charge < -0.3 is 5.73 Å². The van der Waals surface area contributed by atoms with Crippen LogP contribution in [0.25, 0.3) is 11.1 Å². The zero-order valence-corrected chi connectivity index (χ0v) is 10.5. The third-order valence-corrected chi connectivity index (χ3v) is 3.52. The van der Waals surface area contributed by atoms with Crippen molar-refractivity contribution in [2.45, 2.75) is 26.3 Å². The molecule has 0 aliphatic rings. The minimum absolute atomic E-state index is 0.619. The Morgan fingerprint density at radius 1 is 1.50 bits per heavy atom. The zero-order chi connectivity index (χ0) is 11.5. The molecule has 2 aromatic rings. The van der Waals surface area contributed by atoms with Crippen molar-refractivity contribution < 1.29 is 0 Å². The molecule has 3 nitrogen and oxygen atoms in total. The lowest BCUT2D eigenvalue weighted by molar-refractivity contribution is 0.733. The molecule has 0 unspecified atom stereocenters. The van der Waals surface area contributed by atoms with Gasteiger partial charge in [-0.2, -0.15) is 5.10 Å². The first-order valence-electron chi connectivity index (χ1n) is 5.55. The summed E-state index contributed by atoms with van der Waals surface area (Å²) >= 11 is 1.72. The maximum absolute atomic E-state index is 5.63. The Morgan fingerprint density at radius 2 is 2.31 bits per heavy atom. The fourth-order valence-electron chi connectivity index (χ4n) is 1.83. The van der Waals surface area contributed by atoms with E-state index in [2.05, 4.69) is 29.7 Å². The van der Waals surface area contributed by atoms with Gasteiger partial charge in [-0.25, -0.2) is 0 Å². The predicted molar refractivity (Wildman–Crippen MR) is 68.4 cm³/mol. The van der Waals surface area contributed by atoms with Gasteiger partial charge >= 0.3 is 0 Å². The molecule has 2 N–H and O–H groups in total. The smallest absolute Gasteiger partial charge is 0.0703 e. The topological polar surface area (TPSA) is 43.8 Å². The second-order valence-corrected chi connectivity index (χ2v) is 4.91. The lowest BCUT2D eigenvalue weighted by Gasteiger charge is -1.96. The van der Waals surface area contributed by atoms with Gasteiger partial charge in [0.25, 0.3) is 0 Å². The normalized spacial score (nSPS) is 10.9. The van der Waals surface area contributed by atoms with Gasteiger partial charge in [-0.3, -0.25) is 4.68 Å². The Kier molecular flexibility index (Phi) is 3.41. The van der Waals surface area contributed by atoms with Crippen molar-refractivity contribution in [3.8, 4) is 11.1 Å². The van der Waals surface area contributed by atoms with Gasteiger partial charge in [0.05, 0.1) is 5.69 Å². The third kappa shape index (κ3) is 2.18. The van der Waals surface area contributed by atoms with Crippen molar-refractivity contribution in [1.29, 1.82) is 0 Å². The van der Waals surface area contributed by atoms with E-state index in [0.29, 0.717) is 6.54 Å². The van der Waals surface area contributed by atoms with Crippen LogP contribution in [0.15, 0.2) is 17.6 Å². The number of aromatic nitrogens is 2. The van der Waals surface area contributed by atoms with Gasteiger partial charge in [0, 0.05) is 30.2 Å². The molecule has 0 bridgehead atoms. The molecule has 2 heterocycles. The largest absolute Gasteiger partial charge is 0.326 e. The molecular formula is C12H17N3S. The number of rotatable bonds is 4. The Hall–Kier alpha value is -1.13. The Bertz CT molecular complexity index is 470. The number of hydrogen-bond acceptors (Lipinski definition) is 3. The van der Waals surface area contributed by atoms with E-state index < -0.39 is 0 Å². The van der Waals surface area contributed by atoms with E-state index in [0.717, 1.165) is 12.8 Å². The van der Waals surface area contributed by atoms with Gasteiger partial charge in [-0.15, -0.1) is 11.3 Å². The Morgan fingerprint density at radius 3 is 2.94 bits per heavy atom. The molecule has 16 heavy (non-hydrogen) atoms. The van der Waals surface area contributed by atoms with Crippen LogP contribution in [0.2, 0.25) is 0 Å². The van der Waals surface area contributed by atoms with E-state index in [4.69, 9.17) is 5.73 Å². The van der Waals surface area contributed by atoms with Gasteiger partial charge in [0.1, 0.15) is 0 Å². The summed E-state index contributed by atoms with van der Waals surface area (Å²) in [7, 11) is 1.97. The molecule has 86 valence electrons. The standard InChI is InChI=1S/C12H17N3S/c1-3-4-12-11(7-15(2)14-12)9-5-10(6-13)16-8-9/h5,7-8H,3-4,6,13H2,1-2H3. The predicted octanol–water partition coefficient (Wildman–Crippen LogP) is 2.56. The highest BCUT2D eigenvalue weighted by atomic mass is 32.1. The molecule has 4 heteroatoms. The van der Waals surface area contributed by atoms with Crippen LogP contribution in [0.4, 0.5) is 0 Å². The number of nitrogens with two attached hydrogens (primary N) is 1. The molecule has 0 saturated heterocycles. The first-order valence-corrected chi connectivity index (χ1v) is 6.43. The van der Waals surface area contributed by atoms with Crippen molar-refractivity contribution >= 4 is 11.3 Å². The summed E-state index contributed by atoms with van der Waals surface area (Å²) in [5.74, 6) is 0. The molecule has 0 aliphatic carbocycles. The van der Waals surface area contributed by atoms with Gasteiger partial charge in [-0.1, -0.05) is 13.3 Å². The molecular weight excluding hydrogens is 218 g/mol. The summed E-state index contributed by atoms with van der Waals surface area (Å²) in [6, 6.07) is 2.17. The zero-order valence-electron chi connectivity index (χ0n) is 9.73. The molecule has 0 radical (unpaired) electrons. The van der Waals surface area contributed by atoms with Crippen LogP contribution >= 0.6 is 11.3 Å². The number of nitrogens with zero attached hydrogens (tertiary/aromatic N) is 2. The van der Waals surface area contributed by atoms with Crippen LogP contribution in [0, 0.1) is 0 Å². The molecule has 0 fully saturated rings. The van der Waals surface area contributed by atoms with Gasteiger partial charge in [-0.05, 0) is 23.4 Å². The minimum Gasteiger partial charge on any atom is -0.326 e. The molecule has 0 aliphatic heterocycles. The van der Waals surface area contributed by atoms with E-state index in [-0.39, 0.29) is 0 Å². The van der Waals surface area contributed by atoms with E-state index in [1.807, 2.05) is 11.7 Å². The first kappa shape index (κ1) is 11.4. The first-order chi connectivity index (χ1) is 7.74. The van der Waals surface area contributed by atoms with E-state index >= 15 is 0 Å². The van der Waals surface area contributed by atoms with E-state index in [1.54, 1.807) is 11.3 Å². The molecule has 0 spiro atoms. The van der Waals surface area contributed by atoms with Crippen LogP contribution in [-0.2, 0) is 20.0 Å². The average Bonchev–Trinajstić information content (AvgIpc) is 2.85. The fourth-order valence-corrected chi connectivity index (χ4v) is 2.59. The maximum atomic E-state index is 5.63. The molecule has 2 rings (SSSR count). The summed E-state index contributed by atoms with van der Waals surface area (Å²) in [6.07, 6.45) is 4.25. The van der Waals surface area contributed by atoms with Crippen LogP contribution in [0.5, 0.6) is 0 Å². The highest BCUT2D eigenvalue weighted by Crippen LogP contribution is 2.28. The lowest BCUT2D eigenvalue weighted by atomic mass is 10.1. The van der Waals surface area contributed by atoms with Crippen molar-refractivity contribution in [2.75, 3.05) is 0 Å². The monoisotopic (exact) mass is 235 g/mol. The number of thiophene rings is 1. The number of aryl methyl sites for hydroxylation is 2. The molecule has 0 amide bonds. The second-order valence-electron chi connectivity index (χ2n) is 3.92. The summed E-state index contributed by atoms with van der Waals surface area (Å²) < 4.78 is 1.89. The molecule has 2 aromatic heterocycles. The average molecular weight is 235 g/mol. The summed E-state index contributed by atoms with van der Waals surface area (Å²) in [6.45, 7) is 2.80. The molecule has 0 atom stereocenters. The maximum Gasteiger partial charge on any atom is 0.0703 e. The summed E-state index contributed by atoms with van der Waals surface area (Å²) in [5, 5.41) is 6.67. The van der Waals surface area contributed by atoms with Crippen molar-refractivity contribution in [2.24, 2.45) is 12.8 Å². The van der Waals surface area contributed by atoms with Crippen molar-refractivity contribution in [3.05, 3.63) is 28.2 Å². The van der Waals surface area contributed by atoms with Gasteiger partial charge in [0.2, 0.25) is 0 Å². The van der Waals surface area contributed by atoms with Crippen LogP contribution < -0.4 is 5.73 Å². The molecule has 0 saturated carbocycles. The third-order valence-electron chi connectivity index (χ3n) is 2.56. The van der Waals surface area contributed by atoms with Gasteiger partial charge in [0.15, 0.2) is 0 Å². The van der Waals surface area contributed by atoms with Crippen molar-refractivity contribution in [3.63, 3.8) is 0 Å². The Balaban J connectivity index is 2.37. The SMILES string of the molecule is CCCc1nn(C)cc1-c1csc(CN)c1. The number of hydrogen-bond donors (Lipinski definition) is 1. The van der Waals surface area contributed by atoms with Crippen LogP contribution in [0.1, 0.15) is 23.9 Å². The van der Waals surface area contributed by atoms with E-state index in [9.17, 15) is 0 Å². The Labute approximate surface area is 99.9 Å². The second kappa shape index (κ2) is 4.80.